The van der Waals surface area contributed by atoms with Crippen LogP contribution in [-0.2, 0) is 9.47 Å². The van der Waals surface area contributed by atoms with Crippen LogP contribution in [0.25, 0.3) is 0 Å². The van der Waals surface area contributed by atoms with E-state index in [1.807, 2.05) is 6.92 Å². The molecule has 1 radical (unpaired) electrons. The first-order valence-corrected chi connectivity index (χ1v) is 9.79. The van der Waals surface area contributed by atoms with Crippen molar-refractivity contribution in [3.8, 4) is 0 Å². The van der Waals surface area contributed by atoms with Crippen molar-refractivity contribution in [2.24, 2.45) is 41.4 Å². The number of rotatable bonds is 4. The second-order valence-electron chi connectivity index (χ2n) is 8.95. The van der Waals surface area contributed by atoms with E-state index in [1.165, 1.54) is 19.3 Å². The Bertz CT molecular complexity index is 501. The van der Waals surface area contributed by atoms with Crippen LogP contribution in [0.5, 0.6) is 0 Å². The molecule has 24 heavy (non-hydrogen) atoms. The molecule has 0 aromatic carbocycles. The summed E-state index contributed by atoms with van der Waals surface area (Å²) in [5.74, 6) is 5.29. The summed E-state index contributed by atoms with van der Waals surface area (Å²) in [5.41, 5.74) is 0. The molecule has 131 valence electrons. The largest absolute Gasteiger partial charge is 0.393 e. The van der Waals surface area contributed by atoms with Gasteiger partial charge in [-0.25, -0.2) is 0 Å². The van der Waals surface area contributed by atoms with Crippen LogP contribution in [0.1, 0.15) is 45.4 Å². The summed E-state index contributed by atoms with van der Waals surface area (Å²) < 4.78 is 11.6. The molecule has 1 saturated heterocycles. The quantitative estimate of drug-likeness (QED) is 0.435. The maximum atomic E-state index is 10.9. The van der Waals surface area contributed by atoms with E-state index in [0.717, 1.165) is 68.0 Å². The van der Waals surface area contributed by atoms with E-state index in [1.54, 1.807) is 0 Å². The maximum absolute atomic E-state index is 10.9. The van der Waals surface area contributed by atoms with Gasteiger partial charge in [-0.15, -0.1) is 0 Å². The van der Waals surface area contributed by atoms with Crippen molar-refractivity contribution >= 4 is 0 Å². The first-order chi connectivity index (χ1) is 11.1. The Morgan fingerprint density at radius 1 is 1.08 bits per heavy atom. The third-order valence-corrected chi connectivity index (χ3v) is 7.81. The zero-order valence-corrected chi connectivity index (χ0v) is 19.5. The van der Waals surface area contributed by atoms with Gasteiger partial charge in [0.2, 0.25) is 0 Å². The SMILES string of the molecule is CC1(CCC(O)C2CC3CC2C2C4C=CC(C4)C32)OCCCO1.[Ac]. The summed E-state index contributed by atoms with van der Waals surface area (Å²) in [5, 5.41) is 10.9. The minimum atomic E-state index is -0.464. The molecule has 0 aromatic rings. The van der Waals surface area contributed by atoms with Gasteiger partial charge in [-0.1, -0.05) is 12.2 Å². The summed E-state index contributed by atoms with van der Waals surface area (Å²) in [4.78, 5) is 0. The van der Waals surface area contributed by atoms with Crippen molar-refractivity contribution in [1.82, 2.24) is 0 Å². The van der Waals surface area contributed by atoms with Crippen LogP contribution in [0, 0.1) is 85.5 Å². The number of ether oxygens (including phenoxy) is 2. The topological polar surface area (TPSA) is 38.7 Å². The molecule has 4 aliphatic carbocycles. The van der Waals surface area contributed by atoms with E-state index in [2.05, 4.69) is 12.2 Å². The molecule has 8 unspecified atom stereocenters. The molecule has 3 saturated carbocycles. The average Bonchev–Trinajstić information content (AvgIpc) is 3.31. The number of hydrogen-bond acceptors (Lipinski definition) is 3. The van der Waals surface area contributed by atoms with Crippen LogP contribution in [0.4, 0.5) is 0 Å². The van der Waals surface area contributed by atoms with E-state index in [0.29, 0.717) is 5.92 Å². The Balaban J connectivity index is 0.00000146. The van der Waals surface area contributed by atoms with Crippen molar-refractivity contribution < 1.29 is 58.6 Å². The summed E-state index contributed by atoms with van der Waals surface area (Å²) in [6.07, 6.45) is 11.5. The second kappa shape index (κ2) is 6.90. The van der Waals surface area contributed by atoms with Gasteiger partial charge < -0.3 is 14.6 Å². The van der Waals surface area contributed by atoms with E-state index >= 15 is 0 Å². The molecule has 5 rings (SSSR count). The zero-order chi connectivity index (χ0) is 15.6. The molecule has 4 bridgehead atoms. The standard InChI is InChI=1S/C20H30O3.Ac/c1-20(22-7-2-8-23-20)6-5-17(21)15-10-14-11-16(15)19-13-4-3-12(9-13)18(14)19;/h3-4,12-19,21H,2,5-11H2,1H3;. The predicted octanol–water partition coefficient (Wildman–Crippen LogP) is 3.37. The molecule has 3 nitrogen and oxygen atoms in total. The van der Waals surface area contributed by atoms with E-state index < -0.39 is 5.79 Å². The molecule has 0 aromatic heterocycles. The average molecular weight is 545 g/mol. The van der Waals surface area contributed by atoms with Crippen LogP contribution in [-0.4, -0.2) is 30.2 Å². The number of aliphatic hydroxyl groups excluding tert-OH is 1. The van der Waals surface area contributed by atoms with E-state index in [4.69, 9.17) is 9.47 Å². The fraction of sp³-hybridized carbons (Fsp3) is 0.900. The normalized spacial score (nSPS) is 48.3. The fourth-order valence-electron chi connectivity index (χ4n) is 6.95. The number of fused-ring (bicyclic) bond motifs is 9. The number of aliphatic hydroxyl groups is 1. The van der Waals surface area contributed by atoms with Crippen LogP contribution in [0.15, 0.2) is 12.2 Å². The zero-order valence-electron chi connectivity index (χ0n) is 14.8. The molecule has 0 spiro atoms. The van der Waals surface area contributed by atoms with E-state index in [-0.39, 0.29) is 50.2 Å². The molecule has 4 fully saturated rings. The third kappa shape index (κ3) is 2.91. The molecule has 1 aliphatic heterocycles. The third-order valence-electron chi connectivity index (χ3n) is 7.81. The van der Waals surface area contributed by atoms with Gasteiger partial charge in [-0.05, 0) is 80.5 Å². The minimum absolute atomic E-state index is 0. The molecular formula is C20H30AcO3. The van der Waals surface area contributed by atoms with Crippen molar-refractivity contribution in [2.75, 3.05) is 13.2 Å². The minimum Gasteiger partial charge on any atom is -0.393 e. The molecule has 1 N–H and O–H groups in total. The molecule has 0 amide bonds. The second-order valence-corrected chi connectivity index (χ2v) is 8.95. The molecule has 8 atom stereocenters. The Kier molecular flexibility index (Phi) is 5.30. The van der Waals surface area contributed by atoms with Gasteiger partial charge >= 0.3 is 0 Å². The fourth-order valence-corrected chi connectivity index (χ4v) is 6.95. The van der Waals surface area contributed by atoms with Gasteiger partial charge in [-0.2, -0.15) is 0 Å². The Labute approximate surface area is 181 Å². The summed E-state index contributed by atoms with van der Waals surface area (Å²) >= 11 is 0. The Morgan fingerprint density at radius 2 is 1.79 bits per heavy atom. The van der Waals surface area contributed by atoms with Crippen LogP contribution in [0.2, 0.25) is 0 Å². The molecule has 1 heterocycles. The Morgan fingerprint density at radius 3 is 2.54 bits per heavy atom. The Hall–Kier alpha value is 1.06. The smallest absolute Gasteiger partial charge is 0.165 e. The van der Waals surface area contributed by atoms with Crippen LogP contribution < -0.4 is 0 Å². The van der Waals surface area contributed by atoms with Crippen LogP contribution in [0.3, 0.4) is 0 Å². The first-order valence-electron chi connectivity index (χ1n) is 9.79. The van der Waals surface area contributed by atoms with Gasteiger partial charge in [-0.3, -0.25) is 0 Å². The first kappa shape index (κ1) is 18.4. The van der Waals surface area contributed by atoms with Crippen molar-refractivity contribution in [2.45, 2.75) is 57.3 Å². The predicted molar refractivity (Wildman–Crippen MR) is 87.6 cm³/mol. The molecular weight excluding hydrogens is 515 g/mol. The monoisotopic (exact) mass is 545 g/mol. The van der Waals surface area contributed by atoms with Crippen molar-refractivity contribution in [1.29, 1.82) is 0 Å². The van der Waals surface area contributed by atoms with Gasteiger partial charge in [0.05, 0.1) is 19.3 Å². The van der Waals surface area contributed by atoms with Gasteiger partial charge in [0, 0.05) is 50.5 Å². The van der Waals surface area contributed by atoms with E-state index in [9.17, 15) is 5.11 Å². The van der Waals surface area contributed by atoms with Crippen molar-refractivity contribution in [3.63, 3.8) is 0 Å². The maximum Gasteiger partial charge on any atom is 0.165 e. The number of allylic oxidation sites excluding steroid dienone is 2. The summed E-state index contributed by atoms with van der Waals surface area (Å²) in [6, 6.07) is 0. The molecule has 5 aliphatic rings. The summed E-state index contributed by atoms with van der Waals surface area (Å²) in [7, 11) is 0. The number of hydrogen-bond donors (Lipinski definition) is 1. The van der Waals surface area contributed by atoms with Gasteiger partial charge in [0.25, 0.3) is 0 Å². The van der Waals surface area contributed by atoms with Gasteiger partial charge in [0.15, 0.2) is 5.79 Å². The van der Waals surface area contributed by atoms with Crippen LogP contribution >= 0.6 is 0 Å². The van der Waals surface area contributed by atoms with Crippen molar-refractivity contribution in [3.05, 3.63) is 12.2 Å². The molecule has 4 heteroatoms. The van der Waals surface area contributed by atoms with Gasteiger partial charge in [0.1, 0.15) is 0 Å². The summed E-state index contributed by atoms with van der Waals surface area (Å²) in [6.45, 7) is 3.62.